The molecule has 0 bridgehead atoms. The number of hydrogen-bond donors (Lipinski definition) is 1. The van der Waals surface area contributed by atoms with Gasteiger partial charge in [0, 0.05) is 18.0 Å². The Bertz CT molecular complexity index is 335. The highest BCUT2D eigenvalue weighted by Crippen LogP contribution is 2.34. The summed E-state index contributed by atoms with van der Waals surface area (Å²) in [5.41, 5.74) is 2.59. The number of benzene rings is 1. The Kier molecular flexibility index (Phi) is 2.46. The smallest absolute Gasteiger partial charge is 0.124 e. The summed E-state index contributed by atoms with van der Waals surface area (Å²) in [7, 11) is 2.01. The van der Waals surface area contributed by atoms with Crippen LogP contribution in [-0.2, 0) is 0 Å². The van der Waals surface area contributed by atoms with Crippen LogP contribution >= 0.6 is 0 Å². The zero-order chi connectivity index (χ0) is 10.1. The third-order valence-electron chi connectivity index (χ3n) is 2.78. The molecule has 2 atom stereocenters. The van der Waals surface area contributed by atoms with Crippen molar-refractivity contribution < 1.29 is 4.74 Å². The minimum absolute atomic E-state index is 0.308. The molecule has 14 heavy (non-hydrogen) atoms. The standard InChI is InChI=1S/C12H17NO/c1-8-4-5-12-10(6-8)11(13-3)7-9(2)14-12/h4-6,9,11,13H,7H2,1-3H3. The van der Waals surface area contributed by atoms with Crippen molar-refractivity contribution in [2.75, 3.05) is 7.05 Å². The van der Waals surface area contributed by atoms with Crippen LogP contribution in [0.5, 0.6) is 5.75 Å². The van der Waals surface area contributed by atoms with E-state index >= 15 is 0 Å². The molecule has 2 heteroatoms. The van der Waals surface area contributed by atoms with E-state index in [1.54, 1.807) is 0 Å². The van der Waals surface area contributed by atoms with Crippen molar-refractivity contribution in [1.29, 1.82) is 0 Å². The molecule has 1 aliphatic heterocycles. The Hall–Kier alpha value is -1.02. The van der Waals surface area contributed by atoms with Gasteiger partial charge in [-0.15, -0.1) is 0 Å². The molecule has 76 valence electrons. The summed E-state index contributed by atoms with van der Waals surface area (Å²) in [6.07, 6.45) is 1.36. The summed E-state index contributed by atoms with van der Waals surface area (Å²) in [5.74, 6) is 1.04. The highest BCUT2D eigenvalue weighted by Gasteiger charge is 2.24. The second kappa shape index (κ2) is 3.62. The molecule has 1 aromatic carbocycles. The van der Waals surface area contributed by atoms with Gasteiger partial charge in [0.25, 0.3) is 0 Å². The van der Waals surface area contributed by atoms with E-state index in [2.05, 4.69) is 37.4 Å². The highest BCUT2D eigenvalue weighted by atomic mass is 16.5. The summed E-state index contributed by atoms with van der Waals surface area (Å²) in [6, 6.07) is 6.82. The first-order valence-electron chi connectivity index (χ1n) is 5.15. The molecule has 2 nitrogen and oxygen atoms in total. The van der Waals surface area contributed by atoms with Crippen LogP contribution in [0.15, 0.2) is 18.2 Å². The maximum atomic E-state index is 5.78. The van der Waals surface area contributed by atoms with Gasteiger partial charge in [-0.3, -0.25) is 0 Å². The van der Waals surface area contributed by atoms with Gasteiger partial charge in [0.15, 0.2) is 0 Å². The molecule has 0 radical (unpaired) electrons. The zero-order valence-electron chi connectivity index (χ0n) is 9.00. The highest BCUT2D eigenvalue weighted by molar-refractivity contribution is 5.40. The Morgan fingerprint density at radius 2 is 2.21 bits per heavy atom. The van der Waals surface area contributed by atoms with E-state index in [4.69, 9.17) is 4.74 Å². The first-order valence-corrected chi connectivity index (χ1v) is 5.15. The fourth-order valence-corrected chi connectivity index (χ4v) is 2.04. The van der Waals surface area contributed by atoms with Gasteiger partial charge in [0.2, 0.25) is 0 Å². The molecule has 0 aromatic heterocycles. The fourth-order valence-electron chi connectivity index (χ4n) is 2.04. The van der Waals surface area contributed by atoms with Gasteiger partial charge in [0.1, 0.15) is 5.75 Å². The normalized spacial score (nSPS) is 25.4. The predicted molar refractivity (Wildman–Crippen MR) is 57.7 cm³/mol. The Labute approximate surface area is 85.3 Å². The van der Waals surface area contributed by atoms with Crippen LogP contribution in [0.3, 0.4) is 0 Å². The summed E-state index contributed by atoms with van der Waals surface area (Å²) in [6.45, 7) is 4.23. The number of hydrogen-bond acceptors (Lipinski definition) is 2. The molecule has 1 aliphatic rings. The number of fused-ring (bicyclic) bond motifs is 1. The van der Waals surface area contributed by atoms with Crippen LogP contribution in [0.2, 0.25) is 0 Å². The summed E-state index contributed by atoms with van der Waals surface area (Å²) in [4.78, 5) is 0. The van der Waals surface area contributed by atoms with E-state index in [1.807, 2.05) is 7.05 Å². The van der Waals surface area contributed by atoms with Gasteiger partial charge < -0.3 is 10.1 Å². The zero-order valence-corrected chi connectivity index (χ0v) is 9.00. The Morgan fingerprint density at radius 1 is 1.43 bits per heavy atom. The third-order valence-corrected chi connectivity index (χ3v) is 2.78. The summed E-state index contributed by atoms with van der Waals surface area (Å²) in [5, 5.41) is 3.34. The Morgan fingerprint density at radius 3 is 2.93 bits per heavy atom. The number of aryl methyl sites for hydroxylation is 1. The van der Waals surface area contributed by atoms with Crippen LogP contribution in [0, 0.1) is 6.92 Å². The predicted octanol–water partition coefficient (Wildman–Crippen LogP) is 2.43. The van der Waals surface area contributed by atoms with Gasteiger partial charge >= 0.3 is 0 Å². The van der Waals surface area contributed by atoms with Crippen LogP contribution in [0.4, 0.5) is 0 Å². The van der Waals surface area contributed by atoms with Crippen LogP contribution in [0.1, 0.15) is 30.5 Å². The van der Waals surface area contributed by atoms with Crippen molar-refractivity contribution in [3.8, 4) is 5.75 Å². The van der Waals surface area contributed by atoms with Crippen molar-refractivity contribution in [3.05, 3.63) is 29.3 Å². The third kappa shape index (κ3) is 1.62. The maximum Gasteiger partial charge on any atom is 0.124 e. The molecule has 0 fully saturated rings. The molecule has 2 rings (SSSR count). The molecule has 2 unspecified atom stereocenters. The van der Waals surface area contributed by atoms with Gasteiger partial charge in [-0.05, 0) is 27.0 Å². The van der Waals surface area contributed by atoms with E-state index in [0.717, 1.165) is 12.2 Å². The molecule has 1 heterocycles. The van der Waals surface area contributed by atoms with E-state index in [0.29, 0.717) is 12.1 Å². The fraction of sp³-hybridized carbons (Fsp3) is 0.500. The molecule has 0 amide bonds. The quantitative estimate of drug-likeness (QED) is 0.736. The second-order valence-corrected chi connectivity index (χ2v) is 4.05. The lowest BCUT2D eigenvalue weighted by Crippen LogP contribution is -2.29. The minimum atomic E-state index is 0.308. The summed E-state index contributed by atoms with van der Waals surface area (Å²) >= 11 is 0. The maximum absolute atomic E-state index is 5.78. The number of ether oxygens (including phenoxy) is 1. The lowest BCUT2D eigenvalue weighted by atomic mass is 9.96. The molecular weight excluding hydrogens is 174 g/mol. The first kappa shape index (κ1) is 9.53. The lowest BCUT2D eigenvalue weighted by molar-refractivity contribution is 0.169. The van der Waals surface area contributed by atoms with Crippen LogP contribution in [0.25, 0.3) is 0 Å². The van der Waals surface area contributed by atoms with Crippen molar-refractivity contribution in [1.82, 2.24) is 5.32 Å². The van der Waals surface area contributed by atoms with E-state index in [9.17, 15) is 0 Å². The van der Waals surface area contributed by atoms with Gasteiger partial charge in [-0.1, -0.05) is 17.7 Å². The Balaban J connectivity index is 2.41. The molecule has 0 saturated heterocycles. The molecular formula is C12H17NO. The van der Waals surface area contributed by atoms with Gasteiger partial charge in [0.05, 0.1) is 6.10 Å². The molecule has 0 saturated carbocycles. The summed E-state index contributed by atoms with van der Waals surface area (Å²) < 4.78 is 5.78. The minimum Gasteiger partial charge on any atom is -0.490 e. The number of nitrogens with one attached hydrogen (secondary N) is 1. The molecule has 1 N–H and O–H groups in total. The van der Waals surface area contributed by atoms with E-state index < -0.39 is 0 Å². The number of rotatable bonds is 1. The average molecular weight is 191 g/mol. The van der Waals surface area contributed by atoms with Crippen molar-refractivity contribution >= 4 is 0 Å². The van der Waals surface area contributed by atoms with E-state index in [-0.39, 0.29) is 0 Å². The van der Waals surface area contributed by atoms with Gasteiger partial charge in [-0.2, -0.15) is 0 Å². The lowest BCUT2D eigenvalue weighted by Gasteiger charge is -2.30. The second-order valence-electron chi connectivity index (χ2n) is 4.05. The largest absolute Gasteiger partial charge is 0.490 e. The van der Waals surface area contributed by atoms with E-state index in [1.165, 1.54) is 11.1 Å². The van der Waals surface area contributed by atoms with Crippen LogP contribution < -0.4 is 10.1 Å². The molecule has 0 spiro atoms. The van der Waals surface area contributed by atoms with Crippen molar-refractivity contribution in [2.24, 2.45) is 0 Å². The SMILES string of the molecule is CNC1CC(C)Oc2ccc(C)cc21. The first-order chi connectivity index (χ1) is 6.70. The average Bonchev–Trinajstić information content (AvgIpc) is 2.17. The van der Waals surface area contributed by atoms with Crippen molar-refractivity contribution in [2.45, 2.75) is 32.4 Å². The molecule has 0 aliphatic carbocycles. The van der Waals surface area contributed by atoms with Crippen molar-refractivity contribution in [3.63, 3.8) is 0 Å². The molecule has 1 aromatic rings. The van der Waals surface area contributed by atoms with Crippen LogP contribution in [-0.4, -0.2) is 13.2 Å². The monoisotopic (exact) mass is 191 g/mol. The topological polar surface area (TPSA) is 21.3 Å². The van der Waals surface area contributed by atoms with Gasteiger partial charge in [-0.25, -0.2) is 0 Å².